The Bertz CT molecular complexity index is 681. The smallest absolute Gasteiger partial charge is 0.387 e. The Morgan fingerprint density at radius 1 is 1.28 bits per heavy atom. The first-order valence-electron chi connectivity index (χ1n) is 7.62. The molecule has 0 aliphatic rings. The van der Waals surface area contributed by atoms with Crippen LogP contribution in [0, 0.1) is 0 Å². The quantitative estimate of drug-likeness (QED) is 0.734. The molecule has 1 heterocycles. The molecule has 0 unspecified atom stereocenters. The second-order valence-corrected chi connectivity index (χ2v) is 6.41. The summed E-state index contributed by atoms with van der Waals surface area (Å²) in [7, 11) is 1.65. The molecule has 0 radical (unpaired) electrons. The number of urea groups is 1. The van der Waals surface area contributed by atoms with Crippen molar-refractivity contribution < 1.29 is 18.3 Å². The lowest BCUT2D eigenvalue weighted by atomic mass is 10.2. The molecule has 0 atom stereocenters. The Hall–Kier alpha value is -2.35. The third-order valence-corrected chi connectivity index (χ3v) is 4.02. The van der Waals surface area contributed by atoms with Gasteiger partial charge in [0.25, 0.3) is 0 Å². The van der Waals surface area contributed by atoms with Crippen LogP contribution in [0.2, 0.25) is 0 Å². The number of nitrogens with one attached hydrogen (secondary N) is 1. The van der Waals surface area contributed by atoms with Gasteiger partial charge in [0.05, 0.1) is 16.9 Å². The number of anilines is 1. The van der Waals surface area contributed by atoms with Crippen LogP contribution in [0.4, 0.5) is 19.3 Å². The molecule has 0 fully saturated rings. The van der Waals surface area contributed by atoms with Crippen LogP contribution in [0.1, 0.15) is 12.5 Å². The van der Waals surface area contributed by atoms with Crippen molar-refractivity contribution in [3.05, 3.63) is 48.2 Å². The number of nitrogens with zero attached hydrogens (tertiary/aromatic N) is 2. The highest BCUT2D eigenvalue weighted by molar-refractivity contribution is 7.99. The number of amides is 2. The minimum atomic E-state index is -2.85. The zero-order valence-corrected chi connectivity index (χ0v) is 14.7. The molecule has 0 spiro atoms. The van der Waals surface area contributed by atoms with Crippen LogP contribution in [0.15, 0.2) is 47.6 Å². The number of hydrogen-bond donors (Lipinski definition) is 1. The fraction of sp³-hybridized carbons (Fsp3) is 0.294. The summed E-state index contributed by atoms with van der Waals surface area (Å²) >= 11 is 1.62. The van der Waals surface area contributed by atoms with Crippen LogP contribution in [-0.4, -0.2) is 35.3 Å². The molecule has 8 heteroatoms. The van der Waals surface area contributed by atoms with Gasteiger partial charge in [-0.15, -0.1) is 11.8 Å². The summed E-state index contributed by atoms with van der Waals surface area (Å²) < 4.78 is 28.5. The summed E-state index contributed by atoms with van der Waals surface area (Å²) in [6, 6.07) is 9.53. The number of thioether (sulfide) groups is 1. The van der Waals surface area contributed by atoms with E-state index in [-0.39, 0.29) is 11.8 Å². The first kappa shape index (κ1) is 19.0. The van der Waals surface area contributed by atoms with Gasteiger partial charge in [-0.25, -0.2) is 9.78 Å². The van der Waals surface area contributed by atoms with Gasteiger partial charge in [0.2, 0.25) is 0 Å². The summed E-state index contributed by atoms with van der Waals surface area (Å²) in [5, 5.41) is 3.66. The maximum atomic E-state index is 12.2. The van der Waals surface area contributed by atoms with E-state index in [0.29, 0.717) is 12.2 Å². The molecule has 0 saturated heterocycles. The number of rotatable bonds is 7. The monoisotopic (exact) mass is 367 g/mol. The van der Waals surface area contributed by atoms with Crippen molar-refractivity contribution in [2.45, 2.75) is 25.1 Å². The average molecular weight is 367 g/mol. The second kappa shape index (κ2) is 9.22. The van der Waals surface area contributed by atoms with Crippen molar-refractivity contribution in [3.63, 3.8) is 0 Å². The molecular formula is C17H19F2N3O2S. The number of ether oxygens (including phenoxy) is 1. The van der Waals surface area contributed by atoms with Crippen LogP contribution in [0.3, 0.4) is 0 Å². The second-order valence-electron chi connectivity index (χ2n) is 5.13. The van der Waals surface area contributed by atoms with Gasteiger partial charge in [0.15, 0.2) is 0 Å². The molecule has 25 heavy (non-hydrogen) atoms. The highest BCUT2D eigenvalue weighted by Gasteiger charge is 2.10. The first-order valence-corrected chi connectivity index (χ1v) is 8.61. The number of hydrogen-bond acceptors (Lipinski definition) is 4. The minimum Gasteiger partial charge on any atom is -0.435 e. The van der Waals surface area contributed by atoms with Crippen molar-refractivity contribution in [2.75, 3.05) is 18.1 Å². The number of aromatic nitrogens is 1. The molecule has 1 aromatic heterocycles. The third kappa shape index (κ3) is 6.22. The largest absolute Gasteiger partial charge is 0.435 e. The molecule has 0 aliphatic heterocycles. The van der Waals surface area contributed by atoms with E-state index in [1.54, 1.807) is 43.2 Å². The lowest BCUT2D eigenvalue weighted by molar-refractivity contribution is -0.0498. The van der Waals surface area contributed by atoms with Crippen LogP contribution in [0.5, 0.6) is 5.75 Å². The molecule has 0 aliphatic carbocycles. The van der Waals surface area contributed by atoms with Crippen molar-refractivity contribution >= 4 is 23.5 Å². The Kier molecular flexibility index (Phi) is 7.00. The van der Waals surface area contributed by atoms with E-state index in [1.165, 1.54) is 17.0 Å². The van der Waals surface area contributed by atoms with Crippen molar-refractivity contribution in [3.8, 4) is 5.75 Å². The molecule has 0 bridgehead atoms. The van der Waals surface area contributed by atoms with E-state index >= 15 is 0 Å². The molecule has 1 aromatic carbocycles. The predicted octanol–water partition coefficient (Wildman–Crippen LogP) is 4.46. The zero-order valence-electron chi connectivity index (χ0n) is 13.9. The SMILES string of the molecule is CCSc1ccc(NC(=O)N(C)Cc2ccc(OC(F)F)cc2)cn1. The molecule has 2 amide bonds. The maximum Gasteiger partial charge on any atom is 0.387 e. The normalized spacial score (nSPS) is 10.6. The van der Waals surface area contributed by atoms with Crippen LogP contribution >= 0.6 is 11.8 Å². The maximum absolute atomic E-state index is 12.2. The number of alkyl halides is 2. The Balaban J connectivity index is 1.89. The highest BCUT2D eigenvalue weighted by atomic mass is 32.2. The first-order chi connectivity index (χ1) is 12.0. The summed E-state index contributed by atoms with van der Waals surface area (Å²) in [5.41, 5.74) is 1.41. The number of halogens is 2. The average Bonchev–Trinajstić information content (AvgIpc) is 2.58. The van der Waals surface area contributed by atoms with Gasteiger partial charge in [-0.05, 0) is 35.6 Å². The zero-order chi connectivity index (χ0) is 18.2. The summed E-state index contributed by atoms with van der Waals surface area (Å²) in [4.78, 5) is 17.9. The third-order valence-electron chi connectivity index (χ3n) is 3.19. The molecule has 5 nitrogen and oxygen atoms in total. The fourth-order valence-corrected chi connectivity index (χ4v) is 2.62. The van der Waals surface area contributed by atoms with Gasteiger partial charge in [0.1, 0.15) is 5.75 Å². The Morgan fingerprint density at radius 2 is 2.00 bits per heavy atom. The van der Waals surface area contributed by atoms with E-state index in [0.717, 1.165) is 16.3 Å². The Morgan fingerprint density at radius 3 is 2.56 bits per heavy atom. The standard InChI is InChI=1S/C17H19F2N3O2S/c1-3-25-15-9-6-13(10-20-15)21-17(23)22(2)11-12-4-7-14(8-5-12)24-16(18)19/h4-10,16H,3,11H2,1-2H3,(H,21,23). The van der Waals surface area contributed by atoms with Gasteiger partial charge in [-0.2, -0.15) is 8.78 Å². The van der Waals surface area contributed by atoms with Crippen LogP contribution in [0.25, 0.3) is 0 Å². The molecule has 2 aromatic rings. The van der Waals surface area contributed by atoms with Gasteiger partial charge < -0.3 is 15.0 Å². The van der Waals surface area contributed by atoms with Crippen LogP contribution in [-0.2, 0) is 6.54 Å². The van der Waals surface area contributed by atoms with E-state index < -0.39 is 6.61 Å². The lowest BCUT2D eigenvalue weighted by Gasteiger charge is -2.18. The molecule has 1 N–H and O–H groups in total. The number of carbonyl (C=O) groups is 1. The van der Waals surface area contributed by atoms with E-state index in [1.807, 2.05) is 13.0 Å². The summed E-state index contributed by atoms with van der Waals surface area (Å²) in [6.45, 7) is -0.476. The fourth-order valence-electron chi connectivity index (χ4n) is 2.03. The van der Waals surface area contributed by atoms with Crippen molar-refractivity contribution in [1.29, 1.82) is 0 Å². The van der Waals surface area contributed by atoms with E-state index in [2.05, 4.69) is 15.0 Å². The Labute approximate surface area is 149 Å². The summed E-state index contributed by atoms with van der Waals surface area (Å²) in [6.07, 6.45) is 1.61. The van der Waals surface area contributed by atoms with E-state index in [4.69, 9.17) is 0 Å². The minimum absolute atomic E-state index is 0.0852. The van der Waals surface area contributed by atoms with Gasteiger partial charge in [0, 0.05) is 13.6 Å². The molecule has 2 rings (SSSR count). The van der Waals surface area contributed by atoms with Gasteiger partial charge >= 0.3 is 12.6 Å². The van der Waals surface area contributed by atoms with Gasteiger partial charge in [-0.3, -0.25) is 0 Å². The lowest BCUT2D eigenvalue weighted by Crippen LogP contribution is -2.30. The number of pyridine rings is 1. The van der Waals surface area contributed by atoms with Gasteiger partial charge in [-0.1, -0.05) is 19.1 Å². The van der Waals surface area contributed by atoms with E-state index in [9.17, 15) is 13.6 Å². The number of benzene rings is 1. The molecule has 134 valence electrons. The predicted molar refractivity (Wildman–Crippen MR) is 94.2 cm³/mol. The summed E-state index contributed by atoms with van der Waals surface area (Å²) in [5.74, 6) is 1.02. The van der Waals surface area contributed by atoms with Crippen LogP contribution < -0.4 is 10.1 Å². The molecule has 0 saturated carbocycles. The highest BCUT2D eigenvalue weighted by Crippen LogP contribution is 2.18. The topological polar surface area (TPSA) is 54.5 Å². The number of carbonyl (C=O) groups excluding carboxylic acids is 1. The van der Waals surface area contributed by atoms with Crippen molar-refractivity contribution in [2.24, 2.45) is 0 Å². The molecular weight excluding hydrogens is 348 g/mol. The van der Waals surface area contributed by atoms with Crippen molar-refractivity contribution in [1.82, 2.24) is 9.88 Å².